The lowest BCUT2D eigenvalue weighted by Crippen LogP contribution is -2.11. The van der Waals surface area contributed by atoms with E-state index in [1.54, 1.807) is 30.3 Å². The first-order valence-corrected chi connectivity index (χ1v) is 5.57. The molecule has 4 nitrogen and oxygen atoms in total. The molecule has 4 N–H and O–H groups in total. The molecule has 2 aromatic rings. The lowest BCUT2D eigenvalue weighted by atomic mass is 10.2. The fraction of sp³-hybridized carbons (Fsp3) is 0. The second-order valence-electron chi connectivity index (χ2n) is 3.65. The average molecular weight is 263 g/mol. The number of rotatable bonds is 3. The van der Waals surface area contributed by atoms with Crippen molar-refractivity contribution in [2.45, 2.75) is 0 Å². The Kier molecular flexibility index (Phi) is 3.39. The summed E-state index contributed by atoms with van der Waals surface area (Å²) in [5.41, 5.74) is 11.7. The van der Waals surface area contributed by atoms with Crippen LogP contribution in [0.4, 0.5) is 5.69 Å². The molecule has 0 fully saturated rings. The van der Waals surface area contributed by atoms with Crippen LogP contribution < -0.4 is 16.2 Å². The van der Waals surface area contributed by atoms with Gasteiger partial charge in [-0.1, -0.05) is 23.7 Å². The normalized spacial score (nSPS) is 10.1. The maximum absolute atomic E-state index is 11.1. The van der Waals surface area contributed by atoms with Crippen molar-refractivity contribution in [2.75, 3.05) is 5.73 Å². The average Bonchev–Trinajstić information content (AvgIpc) is 2.34. The summed E-state index contributed by atoms with van der Waals surface area (Å²) in [6, 6.07) is 11.6. The largest absolute Gasteiger partial charge is 0.454 e. The molecule has 0 spiro atoms. The summed E-state index contributed by atoms with van der Waals surface area (Å²) in [5, 5.41) is 0.460. The highest BCUT2D eigenvalue weighted by Gasteiger charge is 2.08. The van der Waals surface area contributed by atoms with Crippen molar-refractivity contribution in [3.63, 3.8) is 0 Å². The van der Waals surface area contributed by atoms with E-state index in [-0.39, 0.29) is 0 Å². The molecule has 0 unspecified atom stereocenters. The van der Waals surface area contributed by atoms with E-state index in [0.29, 0.717) is 27.8 Å². The van der Waals surface area contributed by atoms with Crippen LogP contribution in [0.3, 0.4) is 0 Å². The Balaban J connectivity index is 2.37. The third-order valence-corrected chi connectivity index (χ3v) is 2.67. The molecule has 0 saturated carbocycles. The Labute approximate surface area is 109 Å². The third-order valence-electron chi connectivity index (χ3n) is 2.35. The lowest BCUT2D eigenvalue weighted by molar-refractivity contribution is 0.1000. The van der Waals surface area contributed by atoms with E-state index in [2.05, 4.69) is 0 Å². The van der Waals surface area contributed by atoms with Crippen LogP contribution in [-0.4, -0.2) is 5.91 Å². The van der Waals surface area contributed by atoms with Crippen LogP contribution in [0.15, 0.2) is 42.5 Å². The van der Waals surface area contributed by atoms with Gasteiger partial charge < -0.3 is 16.2 Å². The zero-order chi connectivity index (χ0) is 13.1. The number of primary amides is 1. The fourth-order valence-corrected chi connectivity index (χ4v) is 1.60. The minimum atomic E-state index is -0.543. The molecule has 0 aliphatic carbocycles. The van der Waals surface area contributed by atoms with Crippen LogP contribution >= 0.6 is 11.6 Å². The first-order chi connectivity index (χ1) is 8.58. The summed E-state index contributed by atoms with van der Waals surface area (Å²) in [7, 11) is 0. The standard InChI is InChI=1S/C13H11ClN2O2/c14-9-3-1-2-4-11(9)18-12-7-8(13(16)17)5-6-10(12)15/h1-7H,15H2,(H2,16,17). The predicted molar refractivity (Wildman–Crippen MR) is 70.9 cm³/mol. The lowest BCUT2D eigenvalue weighted by Gasteiger charge is -2.10. The Morgan fingerprint density at radius 1 is 1.11 bits per heavy atom. The molecule has 0 aliphatic rings. The topological polar surface area (TPSA) is 78.3 Å². The summed E-state index contributed by atoms with van der Waals surface area (Å²) in [6.45, 7) is 0. The summed E-state index contributed by atoms with van der Waals surface area (Å²) in [5.74, 6) is 0.269. The van der Waals surface area contributed by atoms with E-state index in [4.69, 9.17) is 27.8 Å². The van der Waals surface area contributed by atoms with Crippen molar-refractivity contribution in [3.05, 3.63) is 53.1 Å². The van der Waals surface area contributed by atoms with E-state index in [9.17, 15) is 4.79 Å². The van der Waals surface area contributed by atoms with Crippen LogP contribution in [0, 0.1) is 0 Å². The Morgan fingerprint density at radius 3 is 2.50 bits per heavy atom. The van der Waals surface area contributed by atoms with Crippen LogP contribution in [0.1, 0.15) is 10.4 Å². The molecule has 0 heterocycles. The molecule has 92 valence electrons. The molecule has 0 aromatic heterocycles. The molecule has 0 atom stereocenters. The molecule has 2 rings (SSSR count). The van der Waals surface area contributed by atoms with Gasteiger partial charge in [0.2, 0.25) is 5.91 Å². The van der Waals surface area contributed by atoms with Gasteiger partial charge >= 0.3 is 0 Å². The van der Waals surface area contributed by atoms with Crippen molar-refractivity contribution in [2.24, 2.45) is 5.73 Å². The maximum atomic E-state index is 11.1. The number of hydrogen-bond acceptors (Lipinski definition) is 3. The van der Waals surface area contributed by atoms with E-state index in [1.165, 1.54) is 12.1 Å². The molecule has 18 heavy (non-hydrogen) atoms. The number of amides is 1. The van der Waals surface area contributed by atoms with Crippen LogP contribution in [0.25, 0.3) is 0 Å². The van der Waals surface area contributed by atoms with E-state index in [1.807, 2.05) is 0 Å². The van der Waals surface area contributed by atoms with Gasteiger partial charge in [-0.05, 0) is 30.3 Å². The number of carbonyl (C=O) groups is 1. The maximum Gasteiger partial charge on any atom is 0.248 e. The molecule has 0 bridgehead atoms. The van der Waals surface area contributed by atoms with Crippen LogP contribution in [-0.2, 0) is 0 Å². The number of anilines is 1. The van der Waals surface area contributed by atoms with Crippen LogP contribution in [0.2, 0.25) is 5.02 Å². The Hall–Kier alpha value is -2.20. The summed E-state index contributed by atoms with van der Waals surface area (Å²) in [4.78, 5) is 11.1. The summed E-state index contributed by atoms with van der Waals surface area (Å²) < 4.78 is 5.57. The van der Waals surface area contributed by atoms with Gasteiger partial charge in [0.25, 0.3) is 0 Å². The monoisotopic (exact) mass is 262 g/mol. The molecule has 0 radical (unpaired) electrons. The van der Waals surface area contributed by atoms with Gasteiger partial charge in [0.1, 0.15) is 5.75 Å². The SMILES string of the molecule is NC(=O)c1ccc(N)c(Oc2ccccc2Cl)c1. The highest BCUT2D eigenvalue weighted by Crippen LogP contribution is 2.32. The number of nitrogens with two attached hydrogens (primary N) is 2. The number of para-hydroxylation sites is 1. The van der Waals surface area contributed by atoms with Crippen molar-refractivity contribution < 1.29 is 9.53 Å². The number of hydrogen-bond donors (Lipinski definition) is 2. The van der Waals surface area contributed by atoms with Crippen LogP contribution in [0.5, 0.6) is 11.5 Å². The van der Waals surface area contributed by atoms with Crippen molar-refractivity contribution in [1.82, 2.24) is 0 Å². The second-order valence-corrected chi connectivity index (χ2v) is 4.06. The molecule has 1 amide bonds. The number of carbonyl (C=O) groups excluding carboxylic acids is 1. The zero-order valence-corrected chi connectivity index (χ0v) is 10.1. The van der Waals surface area contributed by atoms with Gasteiger partial charge in [0, 0.05) is 5.56 Å². The van der Waals surface area contributed by atoms with Gasteiger partial charge in [0.05, 0.1) is 10.7 Å². The smallest absolute Gasteiger partial charge is 0.248 e. The molecular formula is C13H11ClN2O2. The van der Waals surface area contributed by atoms with Crippen molar-refractivity contribution >= 4 is 23.2 Å². The number of halogens is 1. The van der Waals surface area contributed by atoms with Crippen molar-refractivity contribution in [1.29, 1.82) is 0 Å². The summed E-state index contributed by atoms with van der Waals surface area (Å²) in [6.07, 6.45) is 0. The van der Waals surface area contributed by atoms with Crippen molar-refractivity contribution in [3.8, 4) is 11.5 Å². The number of ether oxygens (including phenoxy) is 1. The quantitative estimate of drug-likeness (QED) is 0.835. The highest BCUT2D eigenvalue weighted by molar-refractivity contribution is 6.32. The van der Waals surface area contributed by atoms with Gasteiger partial charge in [-0.15, -0.1) is 0 Å². The number of benzene rings is 2. The van der Waals surface area contributed by atoms with Gasteiger partial charge in [-0.25, -0.2) is 0 Å². The van der Waals surface area contributed by atoms with E-state index in [0.717, 1.165) is 0 Å². The van der Waals surface area contributed by atoms with E-state index < -0.39 is 5.91 Å². The molecular weight excluding hydrogens is 252 g/mol. The molecule has 2 aromatic carbocycles. The minimum absolute atomic E-state index is 0.325. The second kappa shape index (κ2) is 4.98. The minimum Gasteiger partial charge on any atom is -0.454 e. The van der Waals surface area contributed by atoms with Gasteiger partial charge in [-0.3, -0.25) is 4.79 Å². The molecule has 0 aliphatic heterocycles. The van der Waals surface area contributed by atoms with Gasteiger partial charge in [-0.2, -0.15) is 0 Å². The van der Waals surface area contributed by atoms with Gasteiger partial charge in [0.15, 0.2) is 5.75 Å². The predicted octanol–water partition coefficient (Wildman–Crippen LogP) is 2.81. The molecule has 0 saturated heterocycles. The Bertz CT molecular complexity index is 599. The fourth-order valence-electron chi connectivity index (χ4n) is 1.42. The highest BCUT2D eigenvalue weighted by atomic mass is 35.5. The number of nitrogen functional groups attached to an aromatic ring is 1. The first-order valence-electron chi connectivity index (χ1n) is 5.19. The zero-order valence-electron chi connectivity index (χ0n) is 9.39. The summed E-state index contributed by atoms with van der Waals surface area (Å²) >= 11 is 5.97. The molecule has 5 heteroatoms. The third kappa shape index (κ3) is 2.55. The first kappa shape index (κ1) is 12.3. The Morgan fingerprint density at radius 2 is 1.83 bits per heavy atom. The van der Waals surface area contributed by atoms with E-state index >= 15 is 0 Å².